The second kappa shape index (κ2) is 12.3. The van der Waals surface area contributed by atoms with Crippen LogP contribution in [0.25, 0.3) is 0 Å². The summed E-state index contributed by atoms with van der Waals surface area (Å²) >= 11 is 0. The Balaban J connectivity index is 0.00000385. The fourth-order valence-corrected chi connectivity index (χ4v) is 3.22. The number of carbonyl (C=O) groups excluding carboxylic acids is 1. The van der Waals surface area contributed by atoms with Crippen molar-refractivity contribution in [3.8, 4) is 0 Å². The minimum atomic E-state index is -0.279. The van der Waals surface area contributed by atoms with Crippen LogP contribution in [-0.2, 0) is 23.3 Å². The highest BCUT2D eigenvalue weighted by atomic mass is 127. The van der Waals surface area contributed by atoms with Crippen LogP contribution in [-0.4, -0.2) is 35.2 Å². The zero-order chi connectivity index (χ0) is 23.0. The van der Waals surface area contributed by atoms with E-state index in [1.54, 1.807) is 42.3 Å². The maximum atomic E-state index is 13.6. The molecule has 9 heteroatoms. The molecule has 0 saturated heterocycles. The SMILES string of the molecule is CN=C(NCc1cccc(NC(=O)Cn2cccn2)c1)NCC(C)(C)c1cccc(F)c1.I. The minimum Gasteiger partial charge on any atom is -0.356 e. The molecule has 7 nitrogen and oxygen atoms in total. The minimum absolute atomic E-state index is 0. The number of aliphatic imine (C=N–C) groups is 1. The number of carbonyl (C=O) groups is 1. The fourth-order valence-electron chi connectivity index (χ4n) is 3.22. The van der Waals surface area contributed by atoms with Gasteiger partial charge in [-0.05, 0) is 41.5 Å². The number of hydrogen-bond acceptors (Lipinski definition) is 3. The van der Waals surface area contributed by atoms with E-state index in [9.17, 15) is 9.18 Å². The van der Waals surface area contributed by atoms with E-state index in [1.807, 2.05) is 30.3 Å². The molecule has 3 aromatic rings. The molecule has 0 unspecified atom stereocenters. The van der Waals surface area contributed by atoms with Gasteiger partial charge < -0.3 is 16.0 Å². The number of guanidine groups is 1. The van der Waals surface area contributed by atoms with Gasteiger partial charge >= 0.3 is 0 Å². The van der Waals surface area contributed by atoms with E-state index in [0.29, 0.717) is 19.0 Å². The summed E-state index contributed by atoms with van der Waals surface area (Å²) in [6, 6.07) is 16.1. The van der Waals surface area contributed by atoms with Gasteiger partial charge in [-0.1, -0.05) is 38.1 Å². The molecule has 3 rings (SSSR count). The molecule has 0 aliphatic carbocycles. The maximum Gasteiger partial charge on any atom is 0.246 e. The lowest BCUT2D eigenvalue weighted by Gasteiger charge is -2.27. The lowest BCUT2D eigenvalue weighted by atomic mass is 9.84. The van der Waals surface area contributed by atoms with Gasteiger partial charge in [0.15, 0.2) is 5.96 Å². The predicted octanol–water partition coefficient (Wildman–Crippen LogP) is 3.92. The van der Waals surface area contributed by atoms with E-state index < -0.39 is 0 Å². The summed E-state index contributed by atoms with van der Waals surface area (Å²) in [6.07, 6.45) is 3.38. The predicted molar refractivity (Wildman–Crippen MR) is 140 cm³/mol. The van der Waals surface area contributed by atoms with E-state index in [1.165, 1.54) is 6.07 Å². The van der Waals surface area contributed by atoms with Gasteiger partial charge in [-0.2, -0.15) is 5.10 Å². The molecule has 176 valence electrons. The van der Waals surface area contributed by atoms with Crippen LogP contribution >= 0.6 is 24.0 Å². The number of hydrogen-bond donors (Lipinski definition) is 3. The van der Waals surface area contributed by atoms with E-state index in [4.69, 9.17) is 0 Å². The second-order valence-corrected chi connectivity index (χ2v) is 8.13. The Bertz CT molecular complexity index is 1070. The first kappa shape index (κ1) is 26.3. The van der Waals surface area contributed by atoms with Crippen LogP contribution in [0.2, 0.25) is 0 Å². The molecule has 0 saturated carbocycles. The normalized spacial score (nSPS) is 11.5. The van der Waals surface area contributed by atoms with Crippen LogP contribution in [0.15, 0.2) is 72.0 Å². The lowest BCUT2D eigenvalue weighted by Crippen LogP contribution is -2.43. The van der Waals surface area contributed by atoms with E-state index in [0.717, 1.165) is 16.8 Å². The number of anilines is 1. The molecular weight excluding hydrogens is 534 g/mol. The van der Waals surface area contributed by atoms with Gasteiger partial charge in [0.25, 0.3) is 0 Å². The molecule has 0 radical (unpaired) electrons. The highest BCUT2D eigenvalue weighted by Gasteiger charge is 2.21. The highest BCUT2D eigenvalue weighted by molar-refractivity contribution is 14.0. The molecule has 0 aliphatic rings. The molecule has 0 bridgehead atoms. The van der Waals surface area contributed by atoms with Crippen molar-refractivity contribution in [1.29, 1.82) is 0 Å². The maximum absolute atomic E-state index is 13.6. The number of rotatable bonds is 8. The third-order valence-electron chi connectivity index (χ3n) is 5.06. The Hall–Kier alpha value is -2.95. The van der Waals surface area contributed by atoms with Gasteiger partial charge in [0, 0.05) is 43.6 Å². The average molecular weight is 564 g/mol. The van der Waals surface area contributed by atoms with Gasteiger partial charge in [0.2, 0.25) is 5.91 Å². The van der Waals surface area contributed by atoms with Crippen LogP contribution < -0.4 is 16.0 Å². The van der Waals surface area contributed by atoms with E-state index in [-0.39, 0.29) is 47.7 Å². The van der Waals surface area contributed by atoms with Crippen molar-refractivity contribution in [2.45, 2.75) is 32.4 Å². The molecule has 1 aromatic heterocycles. The largest absolute Gasteiger partial charge is 0.356 e. The summed E-state index contributed by atoms with van der Waals surface area (Å²) in [5.41, 5.74) is 2.35. The number of aromatic nitrogens is 2. The number of nitrogens with one attached hydrogen (secondary N) is 3. The summed E-state index contributed by atoms with van der Waals surface area (Å²) in [5, 5.41) is 13.5. The molecule has 0 atom stereocenters. The second-order valence-electron chi connectivity index (χ2n) is 8.13. The van der Waals surface area contributed by atoms with Gasteiger partial charge in [0.05, 0.1) is 0 Å². The van der Waals surface area contributed by atoms with Gasteiger partial charge in [0.1, 0.15) is 12.4 Å². The Morgan fingerprint density at radius 1 is 1.12 bits per heavy atom. The quantitative estimate of drug-likeness (QED) is 0.220. The van der Waals surface area contributed by atoms with Gasteiger partial charge in [-0.15, -0.1) is 24.0 Å². The van der Waals surface area contributed by atoms with E-state index in [2.05, 4.69) is 39.9 Å². The van der Waals surface area contributed by atoms with Crippen LogP contribution in [0.5, 0.6) is 0 Å². The molecule has 0 spiro atoms. The lowest BCUT2D eigenvalue weighted by molar-refractivity contribution is -0.116. The van der Waals surface area contributed by atoms with Crippen molar-refractivity contribution < 1.29 is 9.18 Å². The molecule has 0 fully saturated rings. The van der Waals surface area contributed by atoms with Gasteiger partial charge in [-0.3, -0.25) is 14.5 Å². The third-order valence-corrected chi connectivity index (χ3v) is 5.06. The van der Waals surface area contributed by atoms with Crippen molar-refractivity contribution in [2.24, 2.45) is 4.99 Å². The Kier molecular flexibility index (Phi) is 9.83. The zero-order valence-electron chi connectivity index (χ0n) is 19.0. The molecule has 2 aromatic carbocycles. The number of nitrogens with zero attached hydrogens (tertiary/aromatic N) is 3. The third kappa shape index (κ3) is 8.16. The van der Waals surface area contributed by atoms with Crippen molar-refractivity contribution in [3.63, 3.8) is 0 Å². The van der Waals surface area contributed by atoms with Crippen molar-refractivity contribution in [1.82, 2.24) is 20.4 Å². The first-order valence-electron chi connectivity index (χ1n) is 10.4. The summed E-state index contributed by atoms with van der Waals surface area (Å²) < 4.78 is 15.2. The standard InChI is InChI=1S/C24H29FN6O.HI/c1-24(2,19-8-5-9-20(25)14-19)17-28-23(26-3)27-15-18-7-4-10-21(13-18)30-22(32)16-31-12-6-11-29-31;/h4-14H,15-17H2,1-3H3,(H,30,32)(H2,26,27,28);1H. The van der Waals surface area contributed by atoms with E-state index >= 15 is 0 Å². The molecule has 1 heterocycles. The molecule has 33 heavy (non-hydrogen) atoms. The fraction of sp³-hybridized carbons (Fsp3) is 0.292. The van der Waals surface area contributed by atoms with Crippen molar-refractivity contribution in [2.75, 3.05) is 18.9 Å². The first-order chi connectivity index (χ1) is 15.4. The van der Waals surface area contributed by atoms with Crippen LogP contribution in [0.1, 0.15) is 25.0 Å². The molecule has 3 N–H and O–H groups in total. The zero-order valence-corrected chi connectivity index (χ0v) is 21.3. The molecule has 0 aliphatic heterocycles. The highest BCUT2D eigenvalue weighted by Crippen LogP contribution is 2.22. The Labute approximate surface area is 210 Å². The van der Waals surface area contributed by atoms with Gasteiger partial charge in [-0.25, -0.2) is 4.39 Å². The Morgan fingerprint density at radius 2 is 1.91 bits per heavy atom. The number of halogens is 2. The van der Waals surface area contributed by atoms with Crippen molar-refractivity contribution >= 4 is 41.5 Å². The topological polar surface area (TPSA) is 83.3 Å². The van der Waals surface area contributed by atoms with Crippen LogP contribution in [0, 0.1) is 5.82 Å². The average Bonchev–Trinajstić information content (AvgIpc) is 3.27. The van der Waals surface area contributed by atoms with Crippen LogP contribution in [0.3, 0.4) is 0 Å². The summed E-state index contributed by atoms with van der Waals surface area (Å²) in [6.45, 7) is 5.38. The Morgan fingerprint density at radius 3 is 2.61 bits per heavy atom. The summed E-state index contributed by atoms with van der Waals surface area (Å²) in [4.78, 5) is 16.5. The molecule has 1 amide bonds. The monoisotopic (exact) mass is 564 g/mol. The summed E-state index contributed by atoms with van der Waals surface area (Å²) in [7, 11) is 1.70. The number of benzene rings is 2. The summed E-state index contributed by atoms with van der Waals surface area (Å²) in [5.74, 6) is 0.258. The first-order valence-corrected chi connectivity index (χ1v) is 10.4. The number of amides is 1. The smallest absolute Gasteiger partial charge is 0.246 e. The molecular formula is C24H30FIN6O. The van der Waals surface area contributed by atoms with Crippen LogP contribution in [0.4, 0.5) is 10.1 Å². The van der Waals surface area contributed by atoms with Crippen molar-refractivity contribution in [3.05, 3.63) is 83.9 Å².